The van der Waals surface area contributed by atoms with Gasteiger partial charge < -0.3 is 25.1 Å². The maximum atomic E-state index is 12.9. The van der Waals surface area contributed by atoms with E-state index in [4.69, 9.17) is 9.57 Å². The van der Waals surface area contributed by atoms with Crippen LogP contribution in [0.1, 0.15) is 26.5 Å². The second-order valence-corrected chi connectivity index (χ2v) is 10.0. The number of hydrogen-bond donors (Lipinski definition) is 4. The fraction of sp³-hybridized carbons (Fsp3) is 0.474. The number of aliphatic hydroxyl groups excluding tert-OH is 1. The predicted molar refractivity (Wildman–Crippen MR) is 129 cm³/mol. The molecule has 2 aliphatic rings. The van der Waals surface area contributed by atoms with Crippen LogP contribution in [-0.4, -0.2) is 116 Å². The first-order valence-electron chi connectivity index (χ1n) is 9.85. The van der Waals surface area contributed by atoms with Gasteiger partial charge in [-0.25, -0.2) is 14.6 Å². The van der Waals surface area contributed by atoms with Gasteiger partial charge in [0, 0.05) is 11.1 Å². The fourth-order valence-electron chi connectivity index (χ4n) is 3.14. The van der Waals surface area contributed by atoms with E-state index in [9.17, 15) is 29.4 Å². The molecule has 1 aromatic heterocycles. The van der Waals surface area contributed by atoms with E-state index in [1.807, 2.05) is 0 Å². The number of fused-ring (bicyclic) bond motifs is 1. The van der Waals surface area contributed by atoms with Gasteiger partial charge in [-0.2, -0.15) is 0 Å². The van der Waals surface area contributed by atoms with E-state index < -0.39 is 47.5 Å². The van der Waals surface area contributed by atoms with Crippen LogP contribution in [0, 0.1) is 0 Å². The van der Waals surface area contributed by atoms with Crippen LogP contribution >= 0.6 is 23.1 Å². The molecule has 0 aliphatic carbocycles. The van der Waals surface area contributed by atoms with Gasteiger partial charge in [-0.1, -0.05) is 5.16 Å². The number of carbonyl (C=O) groups excluding carboxylic acids is 3. The molecule has 2 aliphatic heterocycles. The Morgan fingerprint density at radius 1 is 1.34 bits per heavy atom. The molecule has 186 valence electrons. The van der Waals surface area contributed by atoms with E-state index in [0.29, 0.717) is 0 Å². The van der Waals surface area contributed by atoms with Crippen LogP contribution in [0.15, 0.2) is 21.8 Å². The number of aromatic nitrogens is 1. The number of nitrogens with zero attached hydrogens (tertiary/aromatic N) is 3. The number of anilines is 1. The Hall–Kier alpha value is -2.17. The Bertz CT molecular complexity index is 1080. The predicted octanol–water partition coefficient (Wildman–Crippen LogP) is -0.0770. The van der Waals surface area contributed by atoms with E-state index in [2.05, 4.69) is 20.8 Å². The minimum absolute atomic E-state index is 0. The average molecular weight is 538 g/mol. The van der Waals surface area contributed by atoms with Crippen molar-refractivity contribution in [3.8, 4) is 0 Å². The fourth-order valence-corrected chi connectivity index (χ4v) is 5.16. The first kappa shape index (κ1) is 29.1. The Balaban J connectivity index is 0.00000432. The zero-order valence-corrected chi connectivity index (χ0v) is 20.3. The van der Waals surface area contributed by atoms with Gasteiger partial charge >= 0.3 is 41.6 Å². The average Bonchev–Trinajstić information content (AvgIpc) is 3.20. The van der Waals surface area contributed by atoms with Gasteiger partial charge in [-0.05, 0) is 26.3 Å². The number of thiazole rings is 1. The van der Waals surface area contributed by atoms with Crippen LogP contribution < -0.4 is 10.6 Å². The molecular weight excluding hydrogens is 513 g/mol. The molecule has 3 amide bonds. The molecule has 0 bridgehead atoms. The molecule has 1 aromatic rings. The number of aliphatic hydroxyl groups is 1. The van der Waals surface area contributed by atoms with E-state index >= 15 is 0 Å². The molecule has 1 saturated heterocycles. The normalized spacial score (nSPS) is 19.7. The van der Waals surface area contributed by atoms with E-state index in [0.717, 1.165) is 16.2 Å². The Kier molecular flexibility index (Phi) is 9.72. The van der Waals surface area contributed by atoms with Gasteiger partial charge in [-0.3, -0.25) is 19.8 Å². The number of oxime groups is 1. The van der Waals surface area contributed by atoms with Crippen molar-refractivity contribution in [3.63, 3.8) is 0 Å². The molecule has 13 nitrogen and oxygen atoms in total. The summed E-state index contributed by atoms with van der Waals surface area (Å²) in [5.74, 6) is -2.54. The molecule has 0 spiro atoms. The number of nitrogens with one attached hydrogen (secondary N) is 2. The topological polar surface area (TPSA) is 180 Å². The van der Waals surface area contributed by atoms with Crippen molar-refractivity contribution in [2.75, 3.05) is 24.8 Å². The van der Waals surface area contributed by atoms with Crippen LogP contribution in [-0.2, 0) is 24.0 Å². The molecule has 2 atom stereocenters. The second kappa shape index (κ2) is 11.7. The summed E-state index contributed by atoms with van der Waals surface area (Å²) in [5, 5.41) is 28.5. The number of carbonyl (C=O) groups is 4. The molecule has 0 radical (unpaired) electrons. The van der Waals surface area contributed by atoms with E-state index in [1.165, 1.54) is 24.3 Å². The number of ether oxygens (including phenoxy) is 1. The summed E-state index contributed by atoms with van der Waals surface area (Å²) in [4.78, 5) is 59.0. The third kappa shape index (κ3) is 6.54. The van der Waals surface area contributed by atoms with Gasteiger partial charge in [0.05, 0.1) is 6.61 Å². The third-order valence-electron chi connectivity index (χ3n) is 4.48. The van der Waals surface area contributed by atoms with Crippen LogP contribution in [0.25, 0.3) is 0 Å². The Labute approximate surface area is 230 Å². The van der Waals surface area contributed by atoms with Crippen molar-refractivity contribution in [1.29, 1.82) is 0 Å². The number of amides is 3. The summed E-state index contributed by atoms with van der Waals surface area (Å²) in [6.07, 6.45) is -0.720. The summed E-state index contributed by atoms with van der Waals surface area (Å²) < 4.78 is 5.16. The van der Waals surface area contributed by atoms with Gasteiger partial charge in [0.1, 0.15) is 35.5 Å². The number of carboxylic acids is 1. The van der Waals surface area contributed by atoms with Crippen LogP contribution in [0.2, 0.25) is 0 Å². The number of hydrogen-bond acceptors (Lipinski definition) is 11. The summed E-state index contributed by atoms with van der Waals surface area (Å²) in [6.45, 7) is 4.64. The van der Waals surface area contributed by atoms with Crippen LogP contribution in [0.5, 0.6) is 0 Å². The maximum absolute atomic E-state index is 12.9. The molecule has 0 aromatic carbocycles. The summed E-state index contributed by atoms with van der Waals surface area (Å²) in [6, 6.07) is -1.01. The van der Waals surface area contributed by atoms with Crippen molar-refractivity contribution in [3.05, 3.63) is 22.3 Å². The van der Waals surface area contributed by atoms with E-state index in [-0.39, 0.29) is 63.1 Å². The molecule has 0 unspecified atom stereocenters. The summed E-state index contributed by atoms with van der Waals surface area (Å²) in [5.41, 5.74) is -0.913. The Morgan fingerprint density at radius 3 is 2.60 bits per heavy atom. The SMILES string of the molecule is CO/N=C(/C(=O)N[C@@H]1C(=O)N2C(C(=O)O)=C(CO)CS[C@H]12)c1csc(NC(=O)OC(C)(C)C)n1.[NaH]. The van der Waals surface area contributed by atoms with Crippen molar-refractivity contribution in [1.82, 2.24) is 15.2 Å². The molecule has 1 fully saturated rings. The number of β-lactam (4-membered cyclic amide) rings is 1. The molecule has 16 heteroatoms. The van der Waals surface area contributed by atoms with Gasteiger partial charge in [-0.15, -0.1) is 23.1 Å². The molecule has 3 heterocycles. The number of aliphatic carboxylic acids is 1. The number of rotatable bonds is 7. The Morgan fingerprint density at radius 2 is 2.03 bits per heavy atom. The van der Waals surface area contributed by atoms with Crippen LogP contribution in [0.3, 0.4) is 0 Å². The molecule has 3 rings (SSSR count). The first-order chi connectivity index (χ1) is 16.0. The molecular formula is C19H24N5NaO8S2. The van der Waals surface area contributed by atoms with E-state index in [1.54, 1.807) is 20.8 Å². The molecule has 35 heavy (non-hydrogen) atoms. The summed E-state index contributed by atoms with van der Waals surface area (Å²) in [7, 11) is 1.23. The monoisotopic (exact) mass is 537 g/mol. The summed E-state index contributed by atoms with van der Waals surface area (Å²) >= 11 is 2.25. The first-order valence-corrected chi connectivity index (χ1v) is 11.8. The van der Waals surface area contributed by atoms with Gasteiger partial charge in [0.25, 0.3) is 11.8 Å². The van der Waals surface area contributed by atoms with Gasteiger partial charge in [0.2, 0.25) is 0 Å². The molecule has 0 saturated carbocycles. The molecule has 4 N–H and O–H groups in total. The quantitative estimate of drug-likeness (QED) is 0.159. The van der Waals surface area contributed by atoms with Crippen molar-refractivity contribution < 1.29 is 39.0 Å². The number of thioether (sulfide) groups is 1. The van der Waals surface area contributed by atoms with Crippen LogP contribution in [0.4, 0.5) is 9.93 Å². The zero-order chi connectivity index (χ0) is 25.2. The third-order valence-corrected chi connectivity index (χ3v) is 6.58. The van der Waals surface area contributed by atoms with Gasteiger partial charge in [0.15, 0.2) is 10.8 Å². The minimum atomic E-state index is -1.33. The van der Waals surface area contributed by atoms with Crippen molar-refractivity contribution in [2.24, 2.45) is 5.16 Å². The zero-order valence-electron chi connectivity index (χ0n) is 18.6. The second-order valence-electron chi connectivity index (χ2n) is 8.06. The number of carboxylic acid groups (broad SMARTS) is 1. The van der Waals surface area contributed by atoms with Crippen molar-refractivity contribution in [2.45, 2.75) is 37.8 Å². The van der Waals surface area contributed by atoms with Crippen molar-refractivity contribution >= 4 is 87.4 Å². The standard InChI is InChI=1S/C19H23N5O8S2.Na.H/c1-19(2,3)32-18(30)22-17-20-9(7-34-17)10(23-31-4)13(26)21-11-14(27)24-12(16(28)29)8(5-25)6-33-15(11)24;;/h7,11,15,25H,5-6H2,1-4H3,(H,21,26)(H,28,29)(H,20,22,30);;/b23-10+;;/t11-,15-;;/m1../s1.